The molecule has 2 aromatic carbocycles. The molecule has 2 amide bonds. The highest BCUT2D eigenvalue weighted by atomic mass is 16.5. The maximum atomic E-state index is 13.3. The van der Waals surface area contributed by atoms with Crippen molar-refractivity contribution in [2.75, 3.05) is 20.7 Å². The van der Waals surface area contributed by atoms with E-state index < -0.39 is 0 Å². The van der Waals surface area contributed by atoms with Crippen molar-refractivity contribution in [3.05, 3.63) is 71.4 Å². The number of likely N-dealkylation sites (N-methyl/N-ethyl adjacent to an activating group) is 1. The van der Waals surface area contributed by atoms with Crippen molar-refractivity contribution in [3.8, 4) is 5.75 Å². The minimum Gasteiger partial charge on any atom is -0.496 e. The zero-order chi connectivity index (χ0) is 20.8. The van der Waals surface area contributed by atoms with Gasteiger partial charge in [-0.3, -0.25) is 14.5 Å². The lowest BCUT2D eigenvalue weighted by Crippen LogP contribution is -2.34. The van der Waals surface area contributed by atoms with Crippen molar-refractivity contribution in [3.63, 3.8) is 0 Å². The van der Waals surface area contributed by atoms with Gasteiger partial charge in [-0.25, -0.2) is 0 Å². The van der Waals surface area contributed by atoms with E-state index in [0.29, 0.717) is 35.7 Å². The second-order valence-electron chi connectivity index (χ2n) is 7.23. The normalized spacial score (nSPS) is 14.0. The van der Waals surface area contributed by atoms with Crippen LogP contribution >= 0.6 is 0 Å². The standard InChI is InChI=1S/C24H28N2O3/c1-4-5-11-16-26-23(27)21(19-14-9-10-15-20(19)29-3)22(24(26)28)25(2)17-18-12-7-6-8-13-18/h6-10,12-15H,4-5,11,16-17H2,1-3H3. The zero-order valence-electron chi connectivity index (χ0n) is 17.4. The third kappa shape index (κ3) is 4.34. The molecule has 0 saturated carbocycles. The molecular formula is C24H28N2O3. The highest BCUT2D eigenvalue weighted by Crippen LogP contribution is 2.36. The van der Waals surface area contributed by atoms with E-state index in [9.17, 15) is 9.59 Å². The first-order valence-corrected chi connectivity index (χ1v) is 10.1. The van der Waals surface area contributed by atoms with Crippen molar-refractivity contribution >= 4 is 17.4 Å². The molecule has 0 aromatic heterocycles. The van der Waals surface area contributed by atoms with E-state index >= 15 is 0 Å². The summed E-state index contributed by atoms with van der Waals surface area (Å²) in [6.07, 6.45) is 2.82. The van der Waals surface area contributed by atoms with Gasteiger partial charge in [0.2, 0.25) is 0 Å². The Morgan fingerprint density at radius 1 is 0.931 bits per heavy atom. The highest BCUT2D eigenvalue weighted by Gasteiger charge is 2.41. The number of nitrogens with zero attached hydrogens (tertiary/aromatic N) is 2. The lowest BCUT2D eigenvalue weighted by atomic mass is 10.0. The van der Waals surface area contributed by atoms with E-state index in [0.717, 1.165) is 24.8 Å². The van der Waals surface area contributed by atoms with E-state index in [1.807, 2.05) is 66.5 Å². The second kappa shape index (κ2) is 9.41. The first-order valence-electron chi connectivity index (χ1n) is 10.1. The molecule has 2 aromatic rings. The Morgan fingerprint density at radius 2 is 1.62 bits per heavy atom. The third-order valence-corrected chi connectivity index (χ3v) is 5.15. The largest absolute Gasteiger partial charge is 0.496 e. The Bertz CT molecular complexity index is 905. The number of ether oxygens (including phenoxy) is 1. The Hall–Kier alpha value is -3.08. The van der Waals surface area contributed by atoms with Crippen LogP contribution in [0.2, 0.25) is 0 Å². The fourth-order valence-corrected chi connectivity index (χ4v) is 3.67. The number of hydrogen-bond acceptors (Lipinski definition) is 4. The van der Waals surface area contributed by atoms with Gasteiger partial charge in [0.05, 0.1) is 12.7 Å². The summed E-state index contributed by atoms with van der Waals surface area (Å²) in [7, 11) is 3.44. The summed E-state index contributed by atoms with van der Waals surface area (Å²) in [5.41, 5.74) is 2.58. The number of rotatable bonds is 9. The topological polar surface area (TPSA) is 49.9 Å². The zero-order valence-corrected chi connectivity index (χ0v) is 17.4. The molecule has 1 heterocycles. The molecule has 0 aliphatic carbocycles. The summed E-state index contributed by atoms with van der Waals surface area (Å²) in [6, 6.07) is 17.3. The van der Waals surface area contributed by atoms with Gasteiger partial charge in [-0.15, -0.1) is 0 Å². The number of para-hydroxylation sites is 1. The molecule has 0 radical (unpaired) electrons. The van der Waals surface area contributed by atoms with Crippen LogP contribution in [0, 0.1) is 0 Å². The molecule has 0 atom stereocenters. The minimum absolute atomic E-state index is 0.231. The van der Waals surface area contributed by atoms with Gasteiger partial charge in [0.25, 0.3) is 11.8 Å². The predicted octanol–water partition coefficient (Wildman–Crippen LogP) is 4.10. The molecule has 1 aliphatic heterocycles. The molecule has 0 spiro atoms. The minimum atomic E-state index is -0.245. The molecule has 29 heavy (non-hydrogen) atoms. The number of carbonyl (C=O) groups is 2. The molecule has 3 rings (SSSR count). The van der Waals surface area contributed by atoms with Gasteiger partial charge in [-0.2, -0.15) is 0 Å². The average molecular weight is 392 g/mol. The van der Waals surface area contributed by atoms with Gasteiger partial charge in [0, 0.05) is 25.7 Å². The summed E-state index contributed by atoms with van der Waals surface area (Å²) < 4.78 is 5.49. The predicted molar refractivity (Wildman–Crippen MR) is 114 cm³/mol. The SMILES string of the molecule is CCCCCN1C(=O)C(c2ccccc2OC)=C(N(C)Cc2ccccc2)C1=O. The van der Waals surface area contributed by atoms with Crippen LogP contribution in [0.25, 0.3) is 5.57 Å². The Balaban J connectivity index is 2.02. The summed E-state index contributed by atoms with van der Waals surface area (Å²) in [4.78, 5) is 29.9. The highest BCUT2D eigenvalue weighted by molar-refractivity contribution is 6.36. The van der Waals surface area contributed by atoms with E-state index in [4.69, 9.17) is 4.74 Å². The number of unbranched alkanes of at least 4 members (excludes halogenated alkanes) is 2. The van der Waals surface area contributed by atoms with Crippen LogP contribution < -0.4 is 4.74 Å². The lowest BCUT2D eigenvalue weighted by molar-refractivity contribution is -0.137. The van der Waals surface area contributed by atoms with Crippen molar-refractivity contribution in [2.45, 2.75) is 32.7 Å². The fraction of sp³-hybridized carbons (Fsp3) is 0.333. The van der Waals surface area contributed by atoms with E-state index in [2.05, 4.69) is 6.92 Å². The van der Waals surface area contributed by atoms with Gasteiger partial charge in [-0.1, -0.05) is 68.3 Å². The second-order valence-corrected chi connectivity index (χ2v) is 7.23. The van der Waals surface area contributed by atoms with Crippen LogP contribution in [0.5, 0.6) is 5.75 Å². The van der Waals surface area contributed by atoms with E-state index in [-0.39, 0.29) is 11.8 Å². The van der Waals surface area contributed by atoms with Gasteiger partial charge in [-0.05, 0) is 18.1 Å². The van der Waals surface area contributed by atoms with Crippen molar-refractivity contribution < 1.29 is 14.3 Å². The first kappa shape index (κ1) is 20.6. The molecular weight excluding hydrogens is 364 g/mol. The van der Waals surface area contributed by atoms with E-state index in [1.54, 1.807) is 7.11 Å². The van der Waals surface area contributed by atoms with Crippen LogP contribution in [-0.4, -0.2) is 42.3 Å². The van der Waals surface area contributed by atoms with Crippen molar-refractivity contribution in [2.24, 2.45) is 0 Å². The summed E-state index contributed by atoms with van der Waals surface area (Å²) in [5, 5.41) is 0. The van der Waals surface area contributed by atoms with Crippen molar-refractivity contribution in [1.29, 1.82) is 0 Å². The number of amides is 2. The third-order valence-electron chi connectivity index (χ3n) is 5.15. The first-order chi connectivity index (χ1) is 14.1. The number of benzene rings is 2. The molecule has 0 fully saturated rings. The van der Waals surface area contributed by atoms with Crippen molar-refractivity contribution in [1.82, 2.24) is 9.80 Å². The Labute approximate surface area is 172 Å². The molecule has 1 aliphatic rings. The molecule has 0 N–H and O–H groups in total. The number of methoxy groups -OCH3 is 1. The lowest BCUT2D eigenvalue weighted by Gasteiger charge is -2.21. The smallest absolute Gasteiger partial charge is 0.277 e. The Kier molecular flexibility index (Phi) is 6.70. The van der Waals surface area contributed by atoms with Crippen LogP contribution in [0.1, 0.15) is 37.3 Å². The van der Waals surface area contributed by atoms with Crippen LogP contribution in [0.15, 0.2) is 60.3 Å². The number of imide groups is 1. The number of hydrogen-bond donors (Lipinski definition) is 0. The van der Waals surface area contributed by atoms with Crippen LogP contribution in [0.4, 0.5) is 0 Å². The molecule has 5 heteroatoms. The quantitative estimate of drug-likeness (QED) is 0.476. The van der Waals surface area contributed by atoms with Gasteiger partial charge < -0.3 is 9.64 Å². The van der Waals surface area contributed by atoms with Crippen LogP contribution in [0.3, 0.4) is 0 Å². The monoisotopic (exact) mass is 392 g/mol. The summed E-state index contributed by atoms with van der Waals surface area (Å²) >= 11 is 0. The van der Waals surface area contributed by atoms with E-state index in [1.165, 1.54) is 4.90 Å². The van der Waals surface area contributed by atoms with Gasteiger partial charge >= 0.3 is 0 Å². The van der Waals surface area contributed by atoms with Gasteiger partial charge in [0.15, 0.2) is 0 Å². The molecule has 5 nitrogen and oxygen atoms in total. The molecule has 152 valence electrons. The molecule has 0 saturated heterocycles. The molecule has 0 bridgehead atoms. The number of carbonyl (C=O) groups excluding carboxylic acids is 2. The average Bonchev–Trinajstić information content (AvgIpc) is 2.99. The molecule has 0 unspecified atom stereocenters. The summed E-state index contributed by atoms with van der Waals surface area (Å²) in [6.45, 7) is 3.08. The van der Waals surface area contributed by atoms with Crippen LogP contribution in [-0.2, 0) is 16.1 Å². The maximum absolute atomic E-state index is 13.3. The maximum Gasteiger partial charge on any atom is 0.277 e. The summed E-state index contributed by atoms with van der Waals surface area (Å²) in [5.74, 6) is 0.112. The van der Waals surface area contributed by atoms with Gasteiger partial charge in [0.1, 0.15) is 11.4 Å². The Morgan fingerprint density at radius 3 is 2.31 bits per heavy atom. The fourth-order valence-electron chi connectivity index (χ4n) is 3.67.